The number of thiazole rings is 1. The van der Waals surface area contributed by atoms with Gasteiger partial charge in [0.1, 0.15) is 6.61 Å². The molecule has 0 aliphatic heterocycles. The molecule has 1 amide bonds. The number of anilines is 1. The minimum Gasteiger partial charge on any atom is -0.493 e. The molecule has 1 unspecified atom stereocenters. The molecule has 0 radical (unpaired) electrons. The highest BCUT2D eigenvalue weighted by Gasteiger charge is 2.18. The van der Waals surface area contributed by atoms with Crippen LogP contribution in [0, 0.1) is 0 Å². The molecule has 1 atom stereocenters. The third-order valence-corrected chi connectivity index (χ3v) is 8.57. The van der Waals surface area contributed by atoms with Gasteiger partial charge in [0.2, 0.25) is 0 Å². The van der Waals surface area contributed by atoms with E-state index in [0.717, 1.165) is 15.8 Å². The van der Waals surface area contributed by atoms with E-state index in [0.29, 0.717) is 22.1 Å². The van der Waals surface area contributed by atoms with Crippen molar-refractivity contribution in [3.05, 3.63) is 77.9 Å². The number of amides is 1. The molecule has 1 heterocycles. The molecule has 1 N–H and O–H groups in total. The number of ether oxygens (including phenoxy) is 3. The van der Waals surface area contributed by atoms with E-state index in [1.54, 1.807) is 51.5 Å². The van der Waals surface area contributed by atoms with Crippen molar-refractivity contribution in [1.29, 1.82) is 0 Å². The molecular formula is C27H28N2O6S2. The summed E-state index contributed by atoms with van der Waals surface area (Å²) in [5, 5.41) is 3.24. The number of carbonyl (C=O) groups excluding carboxylic acids is 1. The fourth-order valence-corrected chi connectivity index (χ4v) is 5.65. The van der Waals surface area contributed by atoms with Crippen molar-refractivity contribution in [3.63, 3.8) is 0 Å². The third-order valence-electron chi connectivity index (χ3n) is 5.88. The third kappa shape index (κ3) is 6.27. The molecule has 3 aromatic carbocycles. The Kier molecular flexibility index (Phi) is 8.42. The smallest absolute Gasteiger partial charge is 0.252 e. The number of aromatic nitrogens is 1. The molecule has 8 nitrogen and oxygen atoms in total. The highest BCUT2D eigenvalue weighted by atomic mass is 32.2. The van der Waals surface area contributed by atoms with Crippen LogP contribution >= 0.6 is 11.3 Å². The summed E-state index contributed by atoms with van der Waals surface area (Å²) < 4.78 is 41.7. The van der Waals surface area contributed by atoms with Crippen LogP contribution in [-0.4, -0.2) is 52.5 Å². The average Bonchev–Trinajstić information content (AvgIpc) is 3.31. The second-order valence-corrected chi connectivity index (χ2v) is 11.5. The van der Waals surface area contributed by atoms with Crippen LogP contribution in [-0.2, 0) is 19.4 Å². The van der Waals surface area contributed by atoms with Gasteiger partial charge in [-0.05, 0) is 23.3 Å². The number of hydrogen-bond donors (Lipinski definition) is 1. The Labute approximate surface area is 220 Å². The Morgan fingerprint density at radius 2 is 1.62 bits per heavy atom. The number of nitrogens with zero attached hydrogens (tertiary/aromatic N) is 1. The zero-order valence-electron chi connectivity index (χ0n) is 20.8. The number of benzene rings is 3. The van der Waals surface area contributed by atoms with E-state index in [2.05, 4.69) is 10.3 Å². The van der Waals surface area contributed by atoms with Crippen LogP contribution < -0.4 is 14.8 Å². The number of sulfone groups is 1. The first-order chi connectivity index (χ1) is 17.8. The van der Waals surface area contributed by atoms with Crippen LogP contribution in [0.25, 0.3) is 10.2 Å². The Bertz CT molecular complexity index is 1430. The monoisotopic (exact) mass is 540 g/mol. The Balaban J connectivity index is 1.43. The average molecular weight is 541 g/mol. The number of rotatable bonds is 11. The Morgan fingerprint density at radius 3 is 2.27 bits per heavy atom. The Morgan fingerprint density at radius 1 is 0.973 bits per heavy atom. The van der Waals surface area contributed by atoms with Crippen molar-refractivity contribution in [2.24, 2.45) is 0 Å². The largest absolute Gasteiger partial charge is 0.493 e. The summed E-state index contributed by atoms with van der Waals surface area (Å²) in [5.74, 6) is 0.701. The number of hydrogen-bond acceptors (Lipinski definition) is 8. The lowest BCUT2D eigenvalue weighted by Gasteiger charge is -2.18. The normalized spacial score (nSPS) is 12.3. The summed E-state index contributed by atoms with van der Waals surface area (Å²) in [4.78, 5) is 17.3. The highest BCUT2D eigenvalue weighted by Crippen LogP contribution is 2.36. The number of fused-ring (bicyclic) bond motifs is 1. The first kappa shape index (κ1) is 26.6. The van der Waals surface area contributed by atoms with Gasteiger partial charge in [0, 0.05) is 18.1 Å². The van der Waals surface area contributed by atoms with Crippen LogP contribution in [0.3, 0.4) is 0 Å². The van der Waals surface area contributed by atoms with Crippen molar-refractivity contribution >= 4 is 42.4 Å². The van der Waals surface area contributed by atoms with E-state index in [4.69, 9.17) is 14.2 Å². The first-order valence-corrected chi connectivity index (χ1v) is 14.1. The van der Waals surface area contributed by atoms with Gasteiger partial charge in [-0.1, -0.05) is 60.7 Å². The topological polar surface area (TPSA) is 104 Å². The van der Waals surface area contributed by atoms with E-state index < -0.39 is 9.84 Å². The molecule has 4 aromatic rings. The Hall–Kier alpha value is -3.47. The molecule has 4 rings (SSSR count). The van der Waals surface area contributed by atoms with Crippen LogP contribution in [0.2, 0.25) is 0 Å². The van der Waals surface area contributed by atoms with E-state index in [-0.39, 0.29) is 35.7 Å². The molecule has 1 aromatic heterocycles. The predicted molar refractivity (Wildman–Crippen MR) is 145 cm³/mol. The number of nitrogens with one attached hydrogen (secondary N) is 1. The maximum absolute atomic E-state index is 12.6. The lowest BCUT2D eigenvalue weighted by atomic mass is 9.92. The zero-order valence-corrected chi connectivity index (χ0v) is 22.4. The van der Waals surface area contributed by atoms with E-state index in [1.165, 1.54) is 11.3 Å². The molecule has 0 spiro atoms. The van der Waals surface area contributed by atoms with Crippen molar-refractivity contribution in [1.82, 2.24) is 4.98 Å². The van der Waals surface area contributed by atoms with Gasteiger partial charge in [0.15, 0.2) is 26.5 Å². The van der Waals surface area contributed by atoms with Gasteiger partial charge in [-0.15, -0.1) is 0 Å². The van der Waals surface area contributed by atoms with E-state index in [1.807, 2.05) is 36.4 Å². The van der Waals surface area contributed by atoms with Crippen LogP contribution in [0.5, 0.6) is 11.5 Å². The highest BCUT2D eigenvalue weighted by molar-refractivity contribution is 7.91. The van der Waals surface area contributed by atoms with Crippen LogP contribution in [0.4, 0.5) is 5.13 Å². The SMILES string of the molecule is CCS(=O)(=O)c1ccc(C(COCC(=O)Nc2nc3cc(OC)c(OC)cc3s2)c2ccccc2)cc1. The van der Waals surface area contributed by atoms with E-state index in [9.17, 15) is 13.2 Å². The molecule has 194 valence electrons. The molecule has 0 saturated heterocycles. The quantitative estimate of drug-likeness (QED) is 0.289. The van der Waals surface area contributed by atoms with Crippen molar-refractivity contribution < 1.29 is 27.4 Å². The molecule has 0 aliphatic rings. The predicted octanol–water partition coefficient (Wildman–Crippen LogP) is 4.89. The summed E-state index contributed by atoms with van der Waals surface area (Å²) in [6.07, 6.45) is 0. The van der Waals surface area contributed by atoms with Crippen LogP contribution in [0.1, 0.15) is 24.0 Å². The second kappa shape index (κ2) is 11.7. The summed E-state index contributed by atoms with van der Waals surface area (Å²) in [7, 11) is -0.164. The lowest BCUT2D eigenvalue weighted by Crippen LogP contribution is -2.20. The standard InChI is InChI=1S/C27H28N2O6S2/c1-4-37(31,32)20-12-10-19(11-13-20)21(18-8-6-5-7-9-18)16-35-17-26(30)29-27-28-22-14-23(33-2)24(34-3)15-25(22)36-27/h5-15,21H,4,16-17H2,1-3H3,(H,28,29,30). The van der Waals surface area contributed by atoms with Crippen molar-refractivity contribution in [2.45, 2.75) is 17.7 Å². The summed E-state index contributed by atoms with van der Waals surface area (Å²) in [6.45, 7) is 1.71. The molecule has 37 heavy (non-hydrogen) atoms. The fourth-order valence-electron chi connectivity index (χ4n) is 3.88. The summed E-state index contributed by atoms with van der Waals surface area (Å²) in [6, 6.07) is 20.2. The lowest BCUT2D eigenvalue weighted by molar-refractivity contribution is -0.120. The molecule has 0 saturated carbocycles. The van der Waals surface area contributed by atoms with E-state index >= 15 is 0 Å². The zero-order chi connectivity index (χ0) is 26.4. The minimum atomic E-state index is -3.28. The number of methoxy groups -OCH3 is 2. The van der Waals surface area contributed by atoms with Gasteiger partial charge in [0.25, 0.3) is 5.91 Å². The second-order valence-electron chi connectivity index (χ2n) is 8.19. The molecule has 0 fully saturated rings. The maximum atomic E-state index is 12.6. The van der Waals surface area contributed by atoms with Gasteiger partial charge in [-0.2, -0.15) is 0 Å². The molecule has 0 aliphatic carbocycles. The van der Waals surface area contributed by atoms with Crippen LogP contribution in [0.15, 0.2) is 71.6 Å². The number of carbonyl (C=O) groups is 1. The maximum Gasteiger partial charge on any atom is 0.252 e. The van der Waals surface area contributed by atoms with Gasteiger partial charge in [0.05, 0.1) is 41.7 Å². The molecule has 10 heteroatoms. The van der Waals surface area contributed by atoms with Crippen molar-refractivity contribution in [3.8, 4) is 11.5 Å². The van der Waals surface area contributed by atoms with Gasteiger partial charge >= 0.3 is 0 Å². The first-order valence-electron chi connectivity index (χ1n) is 11.6. The van der Waals surface area contributed by atoms with Gasteiger partial charge in [-0.25, -0.2) is 13.4 Å². The summed E-state index contributed by atoms with van der Waals surface area (Å²) in [5.41, 5.74) is 2.59. The fraction of sp³-hybridized carbons (Fsp3) is 0.259. The van der Waals surface area contributed by atoms with Gasteiger partial charge in [-0.3, -0.25) is 10.1 Å². The minimum absolute atomic E-state index is 0.0441. The molecular weight excluding hydrogens is 512 g/mol. The van der Waals surface area contributed by atoms with Crippen molar-refractivity contribution in [2.75, 3.05) is 38.5 Å². The molecule has 0 bridgehead atoms. The van der Waals surface area contributed by atoms with Gasteiger partial charge < -0.3 is 14.2 Å². The summed E-state index contributed by atoms with van der Waals surface area (Å²) >= 11 is 1.33.